The summed E-state index contributed by atoms with van der Waals surface area (Å²) in [5.41, 5.74) is 1.88. The summed E-state index contributed by atoms with van der Waals surface area (Å²) in [5, 5.41) is 1.48. The van der Waals surface area contributed by atoms with Crippen LogP contribution in [0.1, 0.15) is 31.0 Å². The number of ether oxygens (including phenoxy) is 2. The van der Waals surface area contributed by atoms with E-state index in [0.29, 0.717) is 36.3 Å². The maximum Gasteiger partial charge on any atom is 0.258 e. The molecule has 0 amide bonds. The van der Waals surface area contributed by atoms with Crippen LogP contribution in [0.5, 0.6) is 11.5 Å². The maximum atomic E-state index is 12.9. The molecule has 0 radical (unpaired) electrons. The van der Waals surface area contributed by atoms with Gasteiger partial charge in [0.05, 0.1) is 5.39 Å². The van der Waals surface area contributed by atoms with E-state index in [-0.39, 0.29) is 23.6 Å². The number of hydrogen-bond donors (Lipinski definition) is 0. The number of pyridine rings is 1. The van der Waals surface area contributed by atoms with E-state index in [9.17, 15) is 9.59 Å². The van der Waals surface area contributed by atoms with Crippen molar-refractivity contribution in [2.75, 3.05) is 6.79 Å². The van der Waals surface area contributed by atoms with Crippen LogP contribution in [0.25, 0.3) is 10.8 Å². The van der Waals surface area contributed by atoms with E-state index in [0.717, 1.165) is 23.1 Å². The minimum Gasteiger partial charge on any atom is -0.454 e. The summed E-state index contributed by atoms with van der Waals surface area (Å²) in [5.74, 6) is 1.52. The summed E-state index contributed by atoms with van der Waals surface area (Å²) in [7, 11) is 0. The smallest absolute Gasteiger partial charge is 0.258 e. The van der Waals surface area contributed by atoms with E-state index in [1.165, 1.54) is 0 Å². The Morgan fingerprint density at radius 1 is 1.14 bits per heavy atom. The van der Waals surface area contributed by atoms with Gasteiger partial charge < -0.3 is 14.0 Å². The molecule has 1 atom stereocenters. The second-order valence-corrected chi connectivity index (χ2v) is 6.74. The molecule has 112 valence electrons. The van der Waals surface area contributed by atoms with Crippen molar-refractivity contribution in [1.29, 1.82) is 0 Å². The highest BCUT2D eigenvalue weighted by atomic mass is 16.7. The van der Waals surface area contributed by atoms with Gasteiger partial charge in [0.15, 0.2) is 11.5 Å². The molecule has 1 aromatic carbocycles. The largest absolute Gasteiger partial charge is 0.454 e. The lowest BCUT2D eigenvalue weighted by Crippen LogP contribution is -2.34. The van der Waals surface area contributed by atoms with Gasteiger partial charge in [0, 0.05) is 30.5 Å². The van der Waals surface area contributed by atoms with Crippen molar-refractivity contribution in [3.8, 4) is 11.5 Å². The highest BCUT2D eigenvalue weighted by Crippen LogP contribution is 2.46. The Labute approximate surface area is 126 Å². The standard InChI is InChI=1S/C17H15NO4/c1-17-2-3-18-15(17)11(4-9(19)7-17)10-5-13-14(22-8-21-13)6-12(10)16(18)20/h5-6H,2-4,7-8H2,1H3. The van der Waals surface area contributed by atoms with Gasteiger partial charge in [0.25, 0.3) is 5.56 Å². The molecule has 0 bridgehead atoms. The van der Waals surface area contributed by atoms with Crippen molar-refractivity contribution in [3.63, 3.8) is 0 Å². The Bertz CT molecular complexity index is 927. The summed E-state index contributed by atoms with van der Waals surface area (Å²) in [6.07, 6.45) is 1.79. The van der Waals surface area contributed by atoms with Crippen molar-refractivity contribution in [3.05, 3.63) is 33.7 Å². The van der Waals surface area contributed by atoms with Crippen molar-refractivity contribution in [2.24, 2.45) is 0 Å². The summed E-state index contributed by atoms with van der Waals surface area (Å²) >= 11 is 0. The zero-order valence-corrected chi connectivity index (χ0v) is 12.3. The topological polar surface area (TPSA) is 57.5 Å². The molecule has 5 rings (SSSR count). The fourth-order valence-corrected chi connectivity index (χ4v) is 4.33. The molecule has 5 heteroatoms. The van der Waals surface area contributed by atoms with E-state index in [4.69, 9.17) is 9.47 Å². The number of hydrogen-bond acceptors (Lipinski definition) is 4. The van der Waals surface area contributed by atoms with Gasteiger partial charge in [-0.3, -0.25) is 9.59 Å². The van der Waals surface area contributed by atoms with E-state index in [2.05, 4.69) is 6.92 Å². The fraction of sp³-hybridized carbons (Fsp3) is 0.412. The van der Waals surface area contributed by atoms with Gasteiger partial charge in [-0.15, -0.1) is 0 Å². The van der Waals surface area contributed by atoms with Gasteiger partial charge in [-0.1, -0.05) is 6.92 Å². The number of ketones is 1. The molecule has 0 N–H and O–H groups in total. The number of aromatic nitrogens is 1. The number of carbonyl (C=O) groups excluding carboxylic acids is 1. The monoisotopic (exact) mass is 297 g/mol. The number of nitrogens with zero attached hydrogens (tertiary/aromatic N) is 1. The molecule has 0 spiro atoms. The third-order valence-corrected chi connectivity index (χ3v) is 5.29. The number of fused-ring (bicyclic) bond motifs is 3. The van der Waals surface area contributed by atoms with Gasteiger partial charge >= 0.3 is 0 Å². The predicted octanol–water partition coefficient (Wildman–Crippen LogP) is 1.91. The third-order valence-electron chi connectivity index (χ3n) is 5.29. The van der Waals surface area contributed by atoms with Crippen LogP contribution >= 0.6 is 0 Å². The predicted molar refractivity (Wildman–Crippen MR) is 79.6 cm³/mol. The summed E-state index contributed by atoms with van der Waals surface area (Å²) in [4.78, 5) is 25.1. The van der Waals surface area contributed by atoms with E-state index in [1.807, 2.05) is 10.6 Å². The van der Waals surface area contributed by atoms with Crippen molar-refractivity contribution in [1.82, 2.24) is 4.57 Å². The van der Waals surface area contributed by atoms with Gasteiger partial charge in [0.1, 0.15) is 5.78 Å². The number of Topliss-reactive ketones (excluding diaryl/α,β-unsaturated/α-hetero) is 1. The minimum absolute atomic E-state index is 0.0186. The Morgan fingerprint density at radius 2 is 1.86 bits per heavy atom. The molecule has 2 aliphatic heterocycles. The van der Waals surface area contributed by atoms with Gasteiger partial charge in [-0.05, 0) is 29.5 Å². The molecular formula is C17H15NO4. The van der Waals surface area contributed by atoms with Gasteiger partial charge in [-0.25, -0.2) is 0 Å². The van der Waals surface area contributed by atoms with Crippen LogP contribution in [-0.2, 0) is 23.2 Å². The first-order chi connectivity index (χ1) is 10.6. The molecule has 1 aliphatic carbocycles. The first-order valence-electron chi connectivity index (χ1n) is 7.58. The lowest BCUT2D eigenvalue weighted by molar-refractivity contribution is -0.120. The first-order valence-corrected chi connectivity index (χ1v) is 7.58. The summed E-state index contributed by atoms with van der Waals surface area (Å²) in [6, 6.07) is 3.63. The second-order valence-electron chi connectivity index (χ2n) is 6.74. The fourth-order valence-electron chi connectivity index (χ4n) is 4.33. The number of carbonyl (C=O) groups is 1. The molecule has 3 heterocycles. The second kappa shape index (κ2) is 3.72. The Kier molecular flexibility index (Phi) is 2.07. The Hall–Kier alpha value is -2.30. The highest BCUT2D eigenvalue weighted by Gasteiger charge is 2.43. The lowest BCUT2D eigenvalue weighted by Gasteiger charge is -2.31. The molecule has 1 unspecified atom stereocenters. The molecule has 0 saturated carbocycles. The zero-order chi connectivity index (χ0) is 15.1. The lowest BCUT2D eigenvalue weighted by atomic mass is 9.73. The molecule has 3 aliphatic rings. The quantitative estimate of drug-likeness (QED) is 0.745. The SMILES string of the molecule is CC12CCn3c1c(c1cc4c(cc1c3=O)OCO4)CC(=O)C2. The minimum atomic E-state index is -0.200. The Morgan fingerprint density at radius 3 is 2.64 bits per heavy atom. The average Bonchev–Trinajstić information content (AvgIpc) is 3.06. The normalized spacial score (nSPS) is 24.9. The molecule has 0 saturated heterocycles. The Balaban J connectivity index is 1.96. The first kappa shape index (κ1) is 12.3. The van der Waals surface area contributed by atoms with E-state index in [1.54, 1.807) is 6.07 Å². The van der Waals surface area contributed by atoms with Crippen LogP contribution < -0.4 is 15.0 Å². The van der Waals surface area contributed by atoms with Crippen molar-refractivity contribution in [2.45, 2.75) is 38.1 Å². The van der Waals surface area contributed by atoms with Crippen LogP contribution in [-0.4, -0.2) is 17.1 Å². The molecule has 2 aromatic rings. The van der Waals surface area contributed by atoms with Crippen molar-refractivity contribution >= 4 is 16.6 Å². The van der Waals surface area contributed by atoms with E-state index < -0.39 is 0 Å². The van der Waals surface area contributed by atoms with Crippen LogP contribution in [0.3, 0.4) is 0 Å². The summed E-state index contributed by atoms with van der Waals surface area (Å²) < 4.78 is 12.7. The van der Waals surface area contributed by atoms with Gasteiger partial charge in [-0.2, -0.15) is 0 Å². The van der Waals surface area contributed by atoms with E-state index >= 15 is 0 Å². The molecule has 1 aromatic heterocycles. The van der Waals surface area contributed by atoms with Crippen LogP contribution in [0.2, 0.25) is 0 Å². The van der Waals surface area contributed by atoms with Crippen LogP contribution in [0.4, 0.5) is 0 Å². The average molecular weight is 297 g/mol. The maximum absolute atomic E-state index is 12.9. The number of benzene rings is 1. The van der Waals surface area contributed by atoms with Crippen LogP contribution in [0, 0.1) is 0 Å². The van der Waals surface area contributed by atoms with Crippen LogP contribution in [0.15, 0.2) is 16.9 Å². The summed E-state index contributed by atoms with van der Waals surface area (Å²) in [6.45, 7) is 2.97. The molecular weight excluding hydrogens is 282 g/mol. The van der Waals surface area contributed by atoms with Crippen molar-refractivity contribution < 1.29 is 14.3 Å². The highest BCUT2D eigenvalue weighted by molar-refractivity contribution is 5.95. The van der Waals surface area contributed by atoms with Gasteiger partial charge in [0.2, 0.25) is 6.79 Å². The molecule has 22 heavy (non-hydrogen) atoms. The number of rotatable bonds is 0. The molecule has 5 nitrogen and oxygen atoms in total. The third kappa shape index (κ3) is 1.34. The molecule has 0 fully saturated rings. The zero-order valence-electron chi connectivity index (χ0n) is 12.3.